The minimum absolute atomic E-state index is 0.126. The summed E-state index contributed by atoms with van der Waals surface area (Å²) in [6, 6.07) is 5.77. The van der Waals surface area contributed by atoms with Crippen LogP contribution in [0.3, 0.4) is 0 Å². The van der Waals surface area contributed by atoms with Gasteiger partial charge in [0.05, 0.1) is 0 Å². The Kier molecular flexibility index (Phi) is 2.76. The molecular formula is C13H15BrFN. The summed E-state index contributed by atoms with van der Waals surface area (Å²) in [5.41, 5.74) is 1.14. The monoisotopic (exact) mass is 283 g/mol. The van der Waals surface area contributed by atoms with Crippen molar-refractivity contribution in [2.45, 2.75) is 31.2 Å². The van der Waals surface area contributed by atoms with E-state index in [0.29, 0.717) is 11.8 Å². The fourth-order valence-electron chi connectivity index (χ4n) is 2.26. The van der Waals surface area contributed by atoms with Crippen LogP contribution in [-0.2, 0) is 0 Å². The summed E-state index contributed by atoms with van der Waals surface area (Å²) in [5, 5.41) is 3.54. The maximum absolute atomic E-state index is 13.1. The second-order valence-electron chi connectivity index (χ2n) is 4.95. The van der Waals surface area contributed by atoms with Gasteiger partial charge in [-0.25, -0.2) is 4.39 Å². The Bertz CT molecular complexity index is 403. The van der Waals surface area contributed by atoms with Crippen molar-refractivity contribution in [1.82, 2.24) is 5.32 Å². The molecule has 0 amide bonds. The molecule has 1 nitrogen and oxygen atoms in total. The van der Waals surface area contributed by atoms with Gasteiger partial charge in [0.1, 0.15) is 5.82 Å². The molecule has 0 radical (unpaired) electrons. The average molecular weight is 284 g/mol. The Morgan fingerprint density at radius 1 is 1.38 bits per heavy atom. The summed E-state index contributed by atoms with van der Waals surface area (Å²) in [4.78, 5) is 0. The fourth-order valence-corrected chi connectivity index (χ4v) is 2.80. The molecule has 0 heterocycles. The van der Waals surface area contributed by atoms with Crippen molar-refractivity contribution < 1.29 is 4.39 Å². The Hall–Kier alpha value is -0.410. The molecule has 0 saturated heterocycles. The Morgan fingerprint density at radius 3 is 2.94 bits per heavy atom. The fraction of sp³-hybridized carbons (Fsp3) is 0.538. The molecule has 2 unspecified atom stereocenters. The SMILES string of the molecule is Fc1ccc(Br)c(C2CC2CNC2CC2)c1. The minimum Gasteiger partial charge on any atom is -0.314 e. The molecule has 0 aromatic heterocycles. The summed E-state index contributed by atoms with van der Waals surface area (Å²) in [6.45, 7) is 1.10. The zero-order valence-electron chi connectivity index (χ0n) is 9.05. The number of hydrogen-bond acceptors (Lipinski definition) is 1. The summed E-state index contributed by atoms with van der Waals surface area (Å²) in [6.07, 6.45) is 3.86. The van der Waals surface area contributed by atoms with Crippen LogP contribution in [-0.4, -0.2) is 12.6 Å². The zero-order valence-corrected chi connectivity index (χ0v) is 10.6. The minimum atomic E-state index is -0.126. The van der Waals surface area contributed by atoms with Gasteiger partial charge in [-0.1, -0.05) is 15.9 Å². The van der Waals surface area contributed by atoms with Crippen LogP contribution < -0.4 is 5.32 Å². The Labute approximate surface area is 104 Å². The Morgan fingerprint density at radius 2 is 2.19 bits per heavy atom. The molecule has 2 fully saturated rings. The second-order valence-corrected chi connectivity index (χ2v) is 5.80. The molecule has 0 spiro atoms. The van der Waals surface area contributed by atoms with E-state index in [4.69, 9.17) is 0 Å². The van der Waals surface area contributed by atoms with Crippen molar-refractivity contribution in [2.75, 3.05) is 6.54 Å². The number of hydrogen-bond donors (Lipinski definition) is 1. The smallest absolute Gasteiger partial charge is 0.123 e. The molecule has 3 rings (SSSR count). The first kappa shape index (κ1) is 10.7. The van der Waals surface area contributed by atoms with E-state index < -0.39 is 0 Å². The van der Waals surface area contributed by atoms with E-state index in [-0.39, 0.29) is 5.82 Å². The van der Waals surface area contributed by atoms with Crippen molar-refractivity contribution in [3.8, 4) is 0 Å². The van der Waals surface area contributed by atoms with Crippen LogP contribution in [0.1, 0.15) is 30.7 Å². The van der Waals surface area contributed by atoms with Gasteiger partial charge in [-0.05, 0) is 61.4 Å². The number of benzene rings is 1. The maximum atomic E-state index is 13.1. The van der Waals surface area contributed by atoms with Gasteiger partial charge in [-0.15, -0.1) is 0 Å². The molecule has 2 atom stereocenters. The van der Waals surface area contributed by atoms with Gasteiger partial charge in [0.15, 0.2) is 0 Å². The van der Waals surface area contributed by atoms with E-state index in [1.165, 1.54) is 25.3 Å². The van der Waals surface area contributed by atoms with E-state index >= 15 is 0 Å². The first-order valence-corrected chi connectivity index (χ1v) is 6.71. The van der Waals surface area contributed by atoms with Gasteiger partial charge in [-0.2, -0.15) is 0 Å². The van der Waals surface area contributed by atoms with Crippen molar-refractivity contribution >= 4 is 15.9 Å². The normalized spacial score (nSPS) is 28.1. The summed E-state index contributed by atoms with van der Waals surface area (Å²) in [7, 11) is 0. The van der Waals surface area contributed by atoms with Crippen LogP contribution in [0.25, 0.3) is 0 Å². The summed E-state index contributed by atoms with van der Waals surface area (Å²) in [5.74, 6) is 1.13. The van der Waals surface area contributed by atoms with Crippen molar-refractivity contribution in [3.63, 3.8) is 0 Å². The summed E-state index contributed by atoms with van der Waals surface area (Å²) < 4.78 is 14.2. The van der Waals surface area contributed by atoms with Crippen LogP contribution in [0.2, 0.25) is 0 Å². The van der Waals surface area contributed by atoms with Gasteiger partial charge >= 0.3 is 0 Å². The Balaban J connectivity index is 1.62. The van der Waals surface area contributed by atoms with Gasteiger partial charge < -0.3 is 5.32 Å². The van der Waals surface area contributed by atoms with Gasteiger partial charge in [0.2, 0.25) is 0 Å². The molecule has 2 aliphatic carbocycles. The lowest BCUT2D eigenvalue weighted by Crippen LogP contribution is -2.19. The molecule has 16 heavy (non-hydrogen) atoms. The lowest BCUT2D eigenvalue weighted by atomic mass is 10.1. The van der Waals surface area contributed by atoms with E-state index in [0.717, 1.165) is 22.6 Å². The molecule has 1 aromatic carbocycles. The highest BCUT2D eigenvalue weighted by atomic mass is 79.9. The van der Waals surface area contributed by atoms with Gasteiger partial charge in [0.25, 0.3) is 0 Å². The van der Waals surface area contributed by atoms with Crippen molar-refractivity contribution in [2.24, 2.45) is 5.92 Å². The average Bonchev–Trinajstić information content (AvgIpc) is 3.13. The largest absolute Gasteiger partial charge is 0.314 e. The lowest BCUT2D eigenvalue weighted by Gasteiger charge is -2.05. The van der Waals surface area contributed by atoms with Crippen molar-refractivity contribution in [3.05, 3.63) is 34.1 Å². The van der Waals surface area contributed by atoms with E-state index in [1.54, 1.807) is 6.07 Å². The molecule has 86 valence electrons. The number of halogens is 2. The van der Waals surface area contributed by atoms with Crippen LogP contribution in [0.4, 0.5) is 4.39 Å². The third-order valence-electron chi connectivity index (χ3n) is 3.53. The third kappa shape index (κ3) is 2.30. The zero-order chi connectivity index (χ0) is 11.1. The molecule has 0 aliphatic heterocycles. The molecule has 1 N–H and O–H groups in total. The molecule has 1 aromatic rings. The first-order chi connectivity index (χ1) is 7.74. The highest BCUT2D eigenvalue weighted by Gasteiger charge is 2.40. The number of rotatable bonds is 4. The molecule has 3 heteroatoms. The first-order valence-electron chi connectivity index (χ1n) is 5.92. The van der Waals surface area contributed by atoms with E-state index in [9.17, 15) is 4.39 Å². The summed E-state index contributed by atoms with van der Waals surface area (Å²) >= 11 is 3.50. The molecule has 2 saturated carbocycles. The second kappa shape index (κ2) is 4.11. The van der Waals surface area contributed by atoms with Gasteiger partial charge in [-0.3, -0.25) is 0 Å². The van der Waals surface area contributed by atoms with Crippen LogP contribution in [0, 0.1) is 11.7 Å². The van der Waals surface area contributed by atoms with E-state index in [2.05, 4.69) is 21.2 Å². The van der Waals surface area contributed by atoms with Crippen molar-refractivity contribution in [1.29, 1.82) is 0 Å². The predicted octanol–water partition coefficient (Wildman–Crippen LogP) is 3.44. The third-order valence-corrected chi connectivity index (χ3v) is 4.25. The van der Waals surface area contributed by atoms with E-state index in [1.807, 2.05) is 6.07 Å². The quantitative estimate of drug-likeness (QED) is 0.893. The molecule has 0 bridgehead atoms. The molecule has 2 aliphatic rings. The predicted molar refractivity (Wildman–Crippen MR) is 66.0 cm³/mol. The van der Waals surface area contributed by atoms with Gasteiger partial charge in [0, 0.05) is 10.5 Å². The topological polar surface area (TPSA) is 12.0 Å². The maximum Gasteiger partial charge on any atom is 0.123 e. The van der Waals surface area contributed by atoms with Crippen LogP contribution in [0.15, 0.2) is 22.7 Å². The standard InChI is InChI=1S/C13H15BrFN/c14-13-4-1-9(15)6-12(13)11-5-8(11)7-16-10-2-3-10/h1,4,6,8,10-11,16H,2-3,5,7H2. The lowest BCUT2D eigenvalue weighted by molar-refractivity contribution is 0.614. The van der Waals surface area contributed by atoms with Crippen LogP contribution in [0.5, 0.6) is 0 Å². The molecular weight excluding hydrogens is 269 g/mol. The highest BCUT2D eigenvalue weighted by molar-refractivity contribution is 9.10. The number of nitrogens with one attached hydrogen (secondary N) is 1. The highest BCUT2D eigenvalue weighted by Crippen LogP contribution is 2.49. The van der Waals surface area contributed by atoms with Crippen LogP contribution >= 0.6 is 15.9 Å².